The molecule has 21 heavy (non-hydrogen) atoms. The Morgan fingerprint density at radius 1 is 1.38 bits per heavy atom. The number of likely N-dealkylation sites (tertiary alicyclic amines) is 1. The average Bonchev–Trinajstić information content (AvgIpc) is 2.89. The second-order valence-corrected chi connectivity index (χ2v) is 6.90. The first-order valence-corrected chi connectivity index (χ1v) is 8.16. The van der Waals surface area contributed by atoms with Gasteiger partial charge in [-0.1, -0.05) is 18.9 Å². The first-order chi connectivity index (χ1) is 10.1. The van der Waals surface area contributed by atoms with E-state index in [9.17, 15) is 4.79 Å². The van der Waals surface area contributed by atoms with Gasteiger partial charge in [0.25, 0.3) is 0 Å². The molecule has 1 aliphatic carbocycles. The number of carbonyl (C=O) groups excluding carboxylic acids is 1. The predicted molar refractivity (Wildman–Crippen MR) is 84.3 cm³/mol. The lowest BCUT2D eigenvalue weighted by molar-refractivity contribution is 0.0383. The summed E-state index contributed by atoms with van der Waals surface area (Å²) in [6.07, 6.45) is 6.08. The smallest absolute Gasteiger partial charge is 0.235 e. The summed E-state index contributed by atoms with van der Waals surface area (Å²) in [5.41, 5.74) is 0.702. The van der Waals surface area contributed by atoms with Crippen molar-refractivity contribution in [3.63, 3.8) is 0 Å². The SMILES string of the molecule is CN1CC(Oc2ccc(C3(N=C=O)CCCC3)cc2Br)C1. The molecule has 0 aromatic heterocycles. The molecule has 1 aliphatic heterocycles. The fourth-order valence-electron chi connectivity index (χ4n) is 3.29. The molecule has 1 aromatic carbocycles. The van der Waals surface area contributed by atoms with Crippen molar-refractivity contribution in [1.82, 2.24) is 4.90 Å². The van der Waals surface area contributed by atoms with Gasteiger partial charge in [0, 0.05) is 13.1 Å². The van der Waals surface area contributed by atoms with Crippen LogP contribution in [0, 0.1) is 0 Å². The highest BCUT2D eigenvalue weighted by molar-refractivity contribution is 9.10. The zero-order valence-corrected chi connectivity index (χ0v) is 13.7. The van der Waals surface area contributed by atoms with Crippen LogP contribution in [0.5, 0.6) is 5.75 Å². The molecule has 0 atom stereocenters. The van der Waals surface area contributed by atoms with Crippen LogP contribution < -0.4 is 4.74 Å². The van der Waals surface area contributed by atoms with Gasteiger partial charge in [-0.2, -0.15) is 4.99 Å². The Balaban J connectivity index is 1.81. The first-order valence-electron chi connectivity index (χ1n) is 7.37. The van der Waals surface area contributed by atoms with Gasteiger partial charge < -0.3 is 4.74 Å². The molecule has 1 saturated carbocycles. The maximum Gasteiger partial charge on any atom is 0.235 e. The molecule has 1 aromatic rings. The molecule has 0 amide bonds. The molecule has 0 N–H and O–H groups in total. The van der Waals surface area contributed by atoms with Gasteiger partial charge >= 0.3 is 0 Å². The monoisotopic (exact) mass is 350 g/mol. The number of halogens is 1. The Morgan fingerprint density at radius 3 is 2.67 bits per heavy atom. The van der Waals surface area contributed by atoms with Crippen LogP contribution in [0.25, 0.3) is 0 Å². The zero-order chi connectivity index (χ0) is 14.9. The summed E-state index contributed by atoms with van der Waals surface area (Å²) >= 11 is 3.59. The van der Waals surface area contributed by atoms with Gasteiger partial charge in [-0.25, -0.2) is 4.79 Å². The molecule has 5 heteroatoms. The molecule has 0 spiro atoms. The van der Waals surface area contributed by atoms with Crippen LogP contribution >= 0.6 is 15.9 Å². The lowest BCUT2D eigenvalue weighted by Crippen LogP contribution is -2.51. The van der Waals surface area contributed by atoms with Gasteiger partial charge in [-0.3, -0.25) is 4.90 Å². The third kappa shape index (κ3) is 2.91. The van der Waals surface area contributed by atoms with Crippen LogP contribution in [0.2, 0.25) is 0 Å². The first kappa shape index (κ1) is 14.8. The topological polar surface area (TPSA) is 41.9 Å². The Bertz CT molecular complexity index is 572. The van der Waals surface area contributed by atoms with Crippen LogP contribution in [0.4, 0.5) is 0 Å². The third-order valence-corrected chi connectivity index (χ3v) is 5.10. The summed E-state index contributed by atoms with van der Waals surface area (Å²) in [4.78, 5) is 17.1. The van der Waals surface area contributed by atoms with E-state index in [4.69, 9.17) is 4.74 Å². The van der Waals surface area contributed by atoms with E-state index in [1.165, 1.54) is 0 Å². The van der Waals surface area contributed by atoms with Crippen LogP contribution in [-0.2, 0) is 10.3 Å². The Hall–Kier alpha value is -1.16. The maximum absolute atomic E-state index is 10.8. The van der Waals surface area contributed by atoms with Crippen molar-refractivity contribution in [1.29, 1.82) is 0 Å². The second kappa shape index (κ2) is 5.91. The summed E-state index contributed by atoms with van der Waals surface area (Å²) in [5.74, 6) is 0.861. The number of aliphatic imine (C=N–C) groups is 1. The van der Waals surface area contributed by atoms with Crippen molar-refractivity contribution >= 4 is 22.0 Å². The number of nitrogens with zero attached hydrogens (tertiary/aromatic N) is 2. The van der Waals surface area contributed by atoms with E-state index in [1.807, 2.05) is 18.2 Å². The zero-order valence-electron chi connectivity index (χ0n) is 12.1. The molecule has 0 radical (unpaired) electrons. The van der Waals surface area contributed by atoms with Crippen molar-refractivity contribution in [2.24, 2.45) is 4.99 Å². The predicted octanol–water partition coefficient (Wildman–Crippen LogP) is 3.25. The van der Waals surface area contributed by atoms with Crippen molar-refractivity contribution in [3.8, 4) is 5.75 Å². The van der Waals surface area contributed by atoms with Gasteiger partial charge in [0.15, 0.2) is 0 Å². The Labute approximate surface area is 133 Å². The maximum atomic E-state index is 10.8. The number of hydrogen-bond donors (Lipinski definition) is 0. The minimum Gasteiger partial charge on any atom is -0.487 e. The molecule has 2 fully saturated rings. The Kier molecular flexibility index (Phi) is 4.16. The largest absolute Gasteiger partial charge is 0.487 e. The van der Waals surface area contributed by atoms with Crippen molar-refractivity contribution in [2.45, 2.75) is 37.3 Å². The van der Waals surface area contributed by atoms with Crippen molar-refractivity contribution in [3.05, 3.63) is 28.2 Å². The van der Waals surface area contributed by atoms with E-state index in [0.717, 1.165) is 54.6 Å². The van der Waals surface area contributed by atoms with Gasteiger partial charge in [-0.05, 0) is 53.5 Å². The van der Waals surface area contributed by atoms with E-state index in [0.29, 0.717) is 0 Å². The quantitative estimate of drug-likeness (QED) is 0.618. The van der Waals surface area contributed by atoms with E-state index < -0.39 is 0 Å². The van der Waals surface area contributed by atoms with E-state index in [1.54, 1.807) is 6.08 Å². The fraction of sp³-hybridized carbons (Fsp3) is 0.562. The number of likely N-dealkylation sites (N-methyl/N-ethyl adjacent to an activating group) is 1. The standard InChI is InChI=1S/C16H19BrN2O2/c1-19-9-13(10-19)21-15-5-4-12(8-14(15)17)16(18-11-20)6-2-3-7-16/h4-5,8,13H,2-3,6-7,9-10H2,1H3. The van der Waals surface area contributed by atoms with Gasteiger partial charge in [0.1, 0.15) is 11.9 Å². The molecule has 0 bridgehead atoms. The molecule has 1 saturated heterocycles. The molecular weight excluding hydrogens is 332 g/mol. The number of hydrogen-bond acceptors (Lipinski definition) is 4. The minimum absolute atomic E-state index is 0.269. The summed E-state index contributed by atoms with van der Waals surface area (Å²) in [7, 11) is 2.08. The number of isocyanates is 1. The summed E-state index contributed by atoms with van der Waals surface area (Å²) in [6.45, 7) is 1.93. The minimum atomic E-state index is -0.376. The molecule has 3 rings (SSSR count). The number of benzene rings is 1. The van der Waals surface area contributed by atoms with Gasteiger partial charge in [0.2, 0.25) is 6.08 Å². The molecule has 0 unspecified atom stereocenters. The molecular formula is C16H19BrN2O2. The van der Waals surface area contributed by atoms with E-state index >= 15 is 0 Å². The highest BCUT2D eigenvalue weighted by Gasteiger charge is 2.36. The highest BCUT2D eigenvalue weighted by atomic mass is 79.9. The van der Waals surface area contributed by atoms with E-state index in [-0.39, 0.29) is 11.6 Å². The lowest BCUT2D eigenvalue weighted by Gasteiger charge is -2.36. The fourth-order valence-corrected chi connectivity index (χ4v) is 3.77. The van der Waals surface area contributed by atoms with Gasteiger partial charge in [0.05, 0.1) is 10.0 Å². The normalized spacial score (nSPS) is 21.6. The van der Waals surface area contributed by atoms with Crippen LogP contribution in [0.15, 0.2) is 27.7 Å². The average molecular weight is 351 g/mol. The van der Waals surface area contributed by atoms with Crippen molar-refractivity contribution in [2.75, 3.05) is 20.1 Å². The van der Waals surface area contributed by atoms with Crippen LogP contribution in [0.3, 0.4) is 0 Å². The van der Waals surface area contributed by atoms with Crippen molar-refractivity contribution < 1.29 is 9.53 Å². The highest BCUT2D eigenvalue weighted by Crippen LogP contribution is 2.44. The summed E-state index contributed by atoms with van der Waals surface area (Å²) < 4.78 is 6.90. The molecule has 4 nitrogen and oxygen atoms in total. The van der Waals surface area contributed by atoms with Gasteiger partial charge in [-0.15, -0.1) is 0 Å². The van der Waals surface area contributed by atoms with Crippen LogP contribution in [-0.4, -0.2) is 37.2 Å². The van der Waals surface area contributed by atoms with E-state index in [2.05, 4.69) is 32.9 Å². The third-order valence-electron chi connectivity index (χ3n) is 4.48. The number of rotatable bonds is 4. The summed E-state index contributed by atoms with van der Waals surface area (Å²) in [6, 6.07) is 6.07. The number of ether oxygens (including phenoxy) is 1. The second-order valence-electron chi connectivity index (χ2n) is 6.05. The lowest BCUT2D eigenvalue weighted by atomic mass is 9.89. The Morgan fingerprint density at radius 2 is 2.10 bits per heavy atom. The molecule has 1 heterocycles. The molecule has 2 aliphatic rings. The summed E-state index contributed by atoms with van der Waals surface area (Å²) in [5, 5.41) is 0. The molecule has 112 valence electrons. The van der Waals surface area contributed by atoms with Crippen LogP contribution in [0.1, 0.15) is 31.2 Å².